The molecule has 3 aromatic carbocycles. The van der Waals surface area contributed by atoms with Gasteiger partial charge in [0.05, 0.1) is 0 Å². The van der Waals surface area contributed by atoms with Crippen molar-refractivity contribution < 1.29 is 129 Å². The molecule has 14 atom stereocenters. The first-order chi connectivity index (χ1) is 47.3. The summed E-state index contributed by atoms with van der Waals surface area (Å²) in [5.41, 5.74) is -15.2. The number of halogens is 12. The predicted octanol–water partition coefficient (Wildman–Crippen LogP) is 4.77. The van der Waals surface area contributed by atoms with Crippen molar-refractivity contribution in [1.82, 2.24) is 9.82 Å². The number of aliphatic hydroxyl groups is 11. The number of hydrogen-bond donors (Lipinski definition) is 11. The van der Waals surface area contributed by atoms with Crippen LogP contribution >= 0.6 is 35.3 Å². The van der Waals surface area contributed by atoms with Gasteiger partial charge < -0.3 is 36.1 Å². The molecule has 9 heterocycles. The molecule has 0 bridgehead atoms. The molecule has 3 fully saturated rings. The Balaban J connectivity index is 0.0000101. The van der Waals surface area contributed by atoms with Gasteiger partial charge in [0.15, 0.2) is 0 Å². The number of rotatable bonds is 18. The average molecular weight is 1530 g/mol. The third-order valence-electron chi connectivity index (χ3n) is 16.8. The standard InChI is InChI=1S/2C21H17F4N2O5S.C21H17F4N2O4S.Ga.H2O/c2*22-13-12(11(8-3-1-5-26-8)9-4-2-6-27-9)14(23)16(25)20(15(13)24)33-21-19(31)18(30)17(29)10(7-28)32-21;22-16-15(14(9-3-1-5-26-9)10-4-2-6-27-10)17(23)19(25)20(18(16)24)32-21-12(30)7-11(29)13(8-28)31-21;;/h2*1-6,10,17-19,21,28-31H,7H2;1-6,11-13,21,28-30H,7-8H2;;1H2/q3*-1;+3;/t2*10?,17-,18+,19?,21+;11-,12?,13?,21-;;/m110../s1. The molecule has 0 aliphatic carbocycles. The number of aliphatic imine (C=N–C) groups is 3. The van der Waals surface area contributed by atoms with E-state index in [1.807, 2.05) is 0 Å². The minimum atomic E-state index is -5.33. The van der Waals surface area contributed by atoms with E-state index >= 15 is 52.7 Å². The smallest absolute Gasteiger partial charge is 0.388 e. The second kappa shape index (κ2) is 30.3. The summed E-state index contributed by atoms with van der Waals surface area (Å²) >= 11 is -5.71. The van der Waals surface area contributed by atoms with Gasteiger partial charge in [0.25, 0.3) is 0 Å². The number of aliphatic hydroxyl groups excluding tert-OH is 11. The number of nitrogens with zero attached hydrogens (tertiary/aromatic N) is 6. The average Bonchev–Trinajstić information content (AvgIpc) is 1.45. The predicted molar refractivity (Wildman–Crippen MR) is 336 cm³/mol. The number of hydrogen-bond acceptors (Lipinski definition) is 20. The summed E-state index contributed by atoms with van der Waals surface area (Å²) in [7, 11) is 0. The summed E-state index contributed by atoms with van der Waals surface area (Å²) in [6, 6.07) is 7.08. The molecule has 6 aliphatic heterocycles. The van der Waals surface area contributed by atoms with Crippen LogP contribution in [-0.2, 0) is 14.2 Å². The zero-order valence-electron chi connectivity index (χ0n) is 50.5. The van der Waals surface area contributed by atoms with Gasteiger partial charge in [-0.05, 0) is 0 Å². The minimum absolute atomic E-state index is 0. The SMILES string of the molecule is O.OCC1O[C@@H](Sc2c(F)c(F)c(C(=C3C=CC=N3)c3ccc[n]3[Ga]([n]3cccc3C(=C3C=CC=N3)c3c(F)c(F)c(S[C@@H]4OC(CO)[C@@H](O)CC4O)c(F)c3F)[n]3cccc3C(=C3C=CC=N3)c3c(F)c(F)c(S[C@@H]4OC(CO)[C@@H](O)[C@H](O)C4O)c(F)c3F)c(F)c2F)C(O)[C@@H](O)[C@@H]1O. The number of ether oxygens (including phenoxy) is 3. The third kappa shape index (κ3) is 13.1. The van der Waals surface area contributed by atoms with E-state index in [1.165, 1.54) is 64.8 Å². The molecule has 6 unspecified atom stereocenters. The van der Waals surface area contributed by atoms with Crippen LogP contribution in [0.25, 0.3) is 16.7 Å². The molecule has 100 heavy (non-hydrogen) atoms. The number of benzene rings is 3. The molecular weight excluding hydrogens is 1470 g/mol. The summed E-state index contributed by atoms with van der Waals surface area (Å²) in [6.45, 7) is -2.87. The van der Waals surface area contributed by atoms with E-state index in [9.17, 15) is 56.2 Å². The van der Waals surface area contributed by atoms with Crippen LogP contribution in [0.1, 0.15) is 40.2 Å². The summed E-state index contributed by atoms with van der Waals surface area (Å²) in [6.07, 6.45) is -6.87. The Labute approximate surface area is 574 Å². The van der Waals surface area contributed by atoms with E-state index in [0.717, 1.165) is 55.1 Å². The van der Waals surface area contributed by atoms with E-state index in [1.54, 1.807) is 0 Å². The number of thioether (sulfide) groups is 3. The first-order valence-electron chi connectivity index (χ1n) is 29.5. The summed E-state index contributed by atoms with van der Waals surface area (Å²) in [5.74, 6) is -25.5. The minimum Gasteiger partial charge on any atom is -0.388 e. The second-order valence-corrected chi connectivity index (χ2v) is 30.9. The van der Waals surface area contributed by atoms with Gasteiger partial charge in [0, 0.05) is 0 Å². The van der Waals surface area contributed by atoms with Crippen LogP contribution in [0.5, 0.6) is 0 Å². The molecule has 0 radical (unpaired) electrons. The Morgan fingerprint density at radius 1 is 0.400 bits per heavy atom. The normalized spacial score (nSPS) is 27.9. The molecule has 3 saturated heterocycles. The third-order valence-corrected chi connectivity index (χ3v) is 26.5. The second-order valence-electron chi connectivity index (χ2n) is 22.7. The van der Waals surface area contributed by atoms with Gasteiger partial charge in [-0.3, -0.25) is 0 Å². The topological polar surface area (TPSA) is 334 Å². The van der Waals surface area contributed by atoms with E-state index in [2.05, 4.69) is 15.0 Å². The van der Waals surface area contributed by atoms with Gasteiger partial charge in [0.1, 0.15) is 0 Å². The molecule has 3 aromatic heterocycles. The van der Waals surface area contributed by atoms with Crippen molar-refractivity contribution in [3.05, 3.63) is 212 Å². The molecule has 13 N–H and O–H groups in total. The van der Waals surface area contributed by atoms with Crippen molar-refractivity contribution in [2.45, 2.75) is 105 Å². The van der Waals surface area contributed by atoms with Crippen molar-refractivity contribution in [3.8, 4) is 0 Å². The first-order valence-corrected chi connectivity index (χ1v) is 35.4. The zero-order valence-corrected chi connectivity index (χ0v) is 55.3. The monoisotopic (exact) mass is 1530 g/mol. The van der Waals surface area contributed by atoms with Crippen LogP contribution in [0.15, 0.2) is 138 Å². The summed E-state index contributed by atoms with van der Waals surface area (Å²) in [5, 5.41) is 114. The van der Waals surface area contributed by atoms with Crippen molar-refractivity contribution in [3.63, 3.8) is 0 Å². The summed E-state index contributed by atoms with van der Waals surface area (Å²) in [4.78, 5) is 8.31. The first kappa shape index (κ1) is 74.4. The van der Waals surface area contributed by atoms with Gasteiger partial charge in [-0.25, -0.2) is 0 Å². The molecule has 6 aliphatic rings. The van der Waals surface area contributed by atoms with E-state index in [-0.39, 0.29) is 40.8 Å². The fraction of sp³-hybridized carbons (Fsp3) is 0.286. The van der Waals surface area contributed by atoms with Crippen LogP contribution in [-0.4, -0.2) is 210 Å². The molecule has 530 valence electrons. The van der Waals surface area contributed by atoms with E-state index in [4.69, 9.17) is 14.2 Å². The fourth-order valence-corrected chi connectivity index (χ4v) is 21.5. The van der Waals surface area contributed by atoms with Crippen molar-refractivity contribution in [2.75, 3.05) is 19.8 Å². The maximum atomic E-state index is 17.5. The molecule has 12 rings (SSSR count). The Kier molecular flexibility index (Phi) is 22.5. The van der Waals surface area contributed by atoms with Crippen molar-refractivity contribution in [2.24, 2.45) is 15.0 Å². The van der Waals surface area contributed by atoms with Crippen LogP contribution in [0.4, 0.5) is 52.7 Å². The fourth-order valence-electron chi connectivity index (χ4n) is 11.9. The van der Waals surface area contributed by atoms with Crippen LogP contribution in [0.3, 0.4) is 0 Å². The van der Waals surface area contributed by atoms with Crippen molar-refractivity contribution >= 4 is 87.6 Å². The van der Waals surface area contributed by atoms with Gasteiger partial charge in [-0.1, -0.05) is 0 Å². The molecular formula is C63H53F12GaN6O15S3. The van der Waals surface area contributed by atoms with Gasteiger partial charge >= 0.3 is 541 Å². The molecule has 21 nitrogen and oxygen atoms in total. The number of allylic oxidation sites excluding steroid dienone is 6. The molecule has 0 amide bonds. The van der Waals surface area contributed by atoms with E-state index < -0.39 is 279 Å². The molecule has 37 heteroatoms. The molecule has 6 aromatic rings. The Bertz CT molecular complexity index is 4170. The molecule has 0 spiro atoms. The quantitative estimate of drug-likeness (QED) is 0.0314. The Morgan fingerprint density at radius 3 is 0.970 bits per heavy atom. The van der Waals surface area contributed by atoms with E-state index in [0.29, 0.717) is 0 Å². The van der Waals surface area contributed by atoms with Gasteiger partial charge in [-0.2, -0.15) is 0 Å². The van der Waals surface area contributed by atoms with Gasteiger partial charge in [-0.15, -0.1) is 0 Å². The van der Waals surface area contributed by atoms with Crippen LogP contribution < -0.4 is 0 Å². The Morgan fingerprint density at radius 2 is 0.690 bits per heavy atom. The van der Waals surface area contributed by atoms with Crippen LogP contribution in [0.2, 0.25) is 0 Å². The molecule has 0 saturated carbocycles. The zero-order chi connectivity index (χ0) is 70.9. The van der Waals surface area contributed by atoms with Crippen LogP contribution in [0, 0.1) is 69.8 Å². The van der Waals surface area contributed by atoms with Gasteiger partial charge in [0.2, 0.25) is 0 Å². The maximum absolute atomic E-state index is 17.5. The summed E-state index contributed by atoms with van der Waals surface area (Å²) < 4.78 is 226. The van der Waals surface area contributed by atoms with Crippen molar-refractivity contribution in [1.29, 1.82) is 0 Å². The Hall–Kier alpha value is -6.80. The number of aromatic nitrogens is 3.